The van der Waals surface area contributed by atoms with Crippen LogP contribution >= 0.6 is 4.83 Å². The Hall–Kier alpha value is 0.753. The number of hydrogen-bond donors (Lipinski definition) is 0. The molecule has 0 saturated heterocycles. The van der Waals surface area contributed by atoms with Crippen molar-refractivity contribution >= 4 is 4.83 Å². The second-order valence-corrected chi connectivity index (χ2v) is 8.97. The topological polar surface area (TPSA) is 0 Å². The normalized spacial score (nSPS) is 9.94. The van der Waals surface area contributed by atoms with E-state index >= 15 is 0 Å². The van der Waals surface area contributed by atoms with Crippen molar-refractivity contribution < 1.29 is 61.4 Å². The summed E-state index contributed by atoms with van der Waals surface area (Å²) >= 11 is 1.66. The summed E-state index contributed by atoms with van der Waals surface area (Å²) < 4.78 is 0. The number of rotatable bonds is 1. The van der Waals surface area contributed by atoms with Crippen molar-refractivity contribution in [2.45, 2.75) is 20.8 Å². The monoisotopic (exact) mass is 396 g/mol. The molecule has 0 N–H and O–H groups in total. The summed E-state index contributed by atoms with van der Waals surface area (Å²) in [6, 6.07) is 10.8. The van der Waals surface area contributed by atoms with Gasteiger partial charge < -0.3 is 37.2 Å². The van der Waals surface area contributed by atoms with Crippen molar-refractivity contribution in [3.63, 3.8) is 0 Å². The van der Waals surface area contributed by atoms with Crippen LogP contribution in [0.2, 0.25) is 0 Å². The first-order valence-corrected chi connectivity index (χ1v) is 9.72. The van der Waals surface area contributed by atoms with Gasteiger partial charge in [0.2, 0.25) is 0 Å². The molecule has 1 atom stereocenters. The van der Waals surface area contributed by atoms with Gasteiger partial charge in [-0.1, -0.05) is 0 Å². The van der Waals surface area contributed by atoms with Gasteiger partial charge in [-0.05, 0) is 0 Å². The van der Waals surface area contributed by atoms with Crippen molar-refractivity contribution in [3.05, 3.63) is 46.8 Å². The second-order valence-electron chi connectivity index (χ2n) is 3.89. The Morgan fingerprint density at radius 3 is 1.72 bits per heavy atom. The quantitative estimate of drug-likeness (QED) is 0.455. The summed E-state index contributed by atoms with van der Waals surface area (Å²) in [5.41, 5.74) is 4.47. The first kappa shape index (κ1) is 21.1. The predicted octanol–water partition coefficient (Wildman–Crippen LogP) is -4.41. The molecule has 0 radical (unpaired) electrons. The third kappa shape index (κ3) is 3.88. The van der Waals surface area contributed by atoms with Gasteiger partial charge in [-0.3, -0.25) is 0 Å². The molecule has 0 spiro atoms. The standard InChI is InChI=1S/C13H14P.3ClH.Zr/c1-9-10(2)13(14-11(9)3)12-7-5-4-6-8-12;;;;/h4-8H,1-3H3;3*1H;/q-1;;;;+4/p-3. The summed E-state index contributed by atoms with van der Waals surface area (Å²) in [4.78, 5) is 0.00461. The maximum Gasteiger partial charge on any atom is -1.00 e. The first-order valence-electron chi connectivity index (χ1n) is 5.08. The third-order valence-corrected chi connectivity index (χ3v) is 9.24. The van der Waals surface area contributed by atoms with Crippen LogP contribution in [0.25, 0.3) is 10.9 Å². The van der Waals surface area contributed by atoms with Gasteiger partial charge in [0.1, 0.15) is 0 Å². The minimum absolute atomic E-state index is 0. The summed E-state index contributed by atoms with van der Waals surface area (Å²) in [6.07, 6.45) is 0. The van der Waals surface area contributed by atoms with Gasteiger partial charge >= 0.3 is 107 Å². The molecule has 0 aliphatic carbocycles. The number of benzene rings is 1. The van der Waals surface area contributed by atoms with Crippen LogP contribution in [0.5, 0.6) is 0 Å². The Labute approximate surface area is 143 Å². The molecule has 1 aromatic carbocycles. The van der Waals surface area contributed by atoms with Crippen molar-refractivity contribution in [3.8, 4) is 10.9 Å². The van der Waals surface area contributed by atoms with Crippen LogP contribution in [0.15, 0.2) is 30.3 Å². The molecule has 96 valence electrons. The summed E-state index contributed by atoms with van der Waals surface area (Å²) in [6.45, 7) is 6.84. The van der Waals surface area contributed by atoms with E-state index in [9.17, 15) is 0 Å². The van der Waals surface area contributed by atoms with Crippen LogP contribution in [0.4, 0.5) is 0 Å². The molecule has 0 bridgehead atoms. The summed E-state index contributed by atoms with van der Waals surface area (Å²) in [5, 5.41) is 3.23. The van der Waals surface area contributed by atoms with Crippen LogP contribution in [0, 0.1) is 20.8 Å². The Bertz CT molecular complexity index is 469. The van der Waals surface area contributed by atoms with Crippen LogP contribution in [-0.4, -0.2) is 0 Å². The van der Waals surface area contributed by atoms with Crippen molar-refractivity contribution in [1.29, 1.82) is 0 Å². The SMILES string of the molecule is Cc1c(C)c(-c2ccccc2)[p]([Zr+3])c1C.[Cl-].[Cl-].[Cl-]. The number of hydrogen-bond acceptors (Lipinski definition) is 0. The van der Waals surface area contributed by atoms with Crippen LogP contribution < -0.4 is 37.2 Å². The van der Waals surface area contributed by atoms with Crippen molar-refractivity contribution in [1.82, 2.24) is 0 Å². The summed E-state index contributed by atoms with van der Waals surface area (Å²) in [5.74, 6) is 0. The van der Waals surface area contributed by atoms with Gasteiger partial charge in [-0.25, -0.2) is 0 Å². The molecule has 0 saturated carbocycles. The maximum atomic E-state index is 2.30. The molecule has 1 aromatic heterocycles. The molecular weight excluding hydrogens is 385 g/mol. The molecule has 2 rings (SSSR count). The zero-order valence-electron chi connectivity index (χ0n) is 10.5. The van der Waals surface area contributed by atoms with E-state index in [0.29, 0.717) is 0 Å². The van der Waals surface area contributed by atoms with E-state index in [-0.39, 0.29) is 42.0 Å². The number of halogens is 3. The molecule has 18 heavy (non-hydrogen) atoms. The molecule has 1 heterocycles. The Kier molecular flexibility index (Phi) is 10.3. The van der Waals surface area contributed by atoms with Crippen molar-refractivity contribution in [2.75, 3.05) is 0 Å². The molecule has 0 aliphatic rings. The fourth-order valence-corrected chi connectivity index (χ4v) is 7.07. The molecule has 0 amide bonds. The predicted molar refractivity (Wildman–Crippen MR) is 64.2 cm³/mol. The molecule has 0 nitrogen and oxygen atoms in total. The van der Waals surface area contributed by atoms with E-state index in [4.69, 9.17) is 0 Å². The Morgan fingerprint density at radius 2 is 1.33 bits per heavy atom. The van der Waals surface area contributed by atoms with E-state index in [1.54, 1.807) is 34.7 Å². The zero-order chi connectivity index (χ0) is 11.0. The van der Waals surface area contributed by atoms with E-state index in [1.165, 1.54) is 16.7 Å². The van der Waals surface area contributed by atoms with Crippen LogP contribution in [0.1, 0.15) is 16.4 Å². The van der Waals surface area contributed by atoms with Gasteiger partial charge in [-0.2, -0.15) is 0 Å². The molecular formula is C13H14Cl3PZr. The molecule has 0 aliphatic heterocycles. The van der Waals surface area contributed by atoms with E-state index in [2.05, 4.69) is 51.1 Å². The summed E-state index contributed by atoms with van der Waals surface area (Å²) in [7, 11) is 0. The van der Waals surface area contributed by atoms with E-state index in [1.807, 2.05) is 0 Å². The minimum atomic E-state index is 0. The van der Waals surface area contributed by atoms with Gasteiger partial charge in [0, 0.05) is 0 Å². The smallest absolute Gasteiger partial charge is 1.00 e. The van der Waals surface area contributed by atoms with Crippen LogP contribution in [0.3, 0.4) is 0 Å². The van der Waals surface area contributed by atoms with Gasteiger partial charge in [0.25, 0.3) is 0 Å². The minimum Gasteiger partial charge on any atom is -1.00 e. The third-order valence-electron chi connectivity index (χ3n) is 3.07. The molecule has 5 heteroatoms. The van der Waals surface area contributed by atoms with Crippen LogP contribution in [-0.2, 0) is 24.1 Å². The Balaban J connectivity index is 0. The average Bonchev–Trinajstić information content (AvgIpc) is 2.45. The fraction of sp³-hybridized carbons (Fsp3) is 0.231. The van der Waals surface area contributed by atoms with Gasteiger partial charge in [-0.15, -0.1) is 0 Å². The second kappa shape index (κ2) is 8.83. The van der Waals surface area contributed by atoms with E-state index in [0.717, 1.165) is 0 Å². The van der Waals surface area contributed by atoms with Gasteiger partial charge in [0.05, 0.1) is 0 Å². The molecule has 2 aromatic rings. The van der Waals surface area contributed by atoms with E-state index < -0.39 is 0 Å². The zero-order valence-corrected chi connectivity index (χ0v) is 16.1. The largest absolute Gasteiger partial charge is 1.00 e. The first-order chi connectivity index (χ1) is 7.13. The maximum absolute atomic E-state index is 2.30. The average molecular weight is 399 g/mol. The fourth-order valence-electron chi connectivity index (χ4n) is 1.89. The van der Waals surface area contributed by atoms with Crippen molar-refractivity contribution in [2.24, 2.45) is 0 Å². The van der Waals surface area contributed by atoms with Gasteiger partial charge in [0.15, 0.2) is 0 Å². The molecule has 1 unspecified atom stereocenters. The molecule has 0 fully saturated rings. The Morgan fingerprint density at radius 1 is 0.833 bits per heavy atom.